The van der Waals surface area contributed by atoms with E-state index in [1.807, 2.05) is 6.92 Å². The SMILES string of the molecule is Cc1ncc(CN=C2NC(=O)C(=O)N2)s1. The van der Waals surface area contributed by atoms with Crippen molar-refractivity contribution >= 4 is 29.1 Å². The van der Waals surface area contributed by atoms with Crippen LogP contribution in [0, 0.1) is 6.92 Å². The molecule has 2 amide bonds. The highest BCUT2D eigenvalue weighted by molar-refractivity contribution is 7.11. The topological polar surface area (TPSA) is 83.5 Å². The van der Waals surface area contributed by atoms with Crippen LogP contribution in [0.15, 0.2) is 11.2 Å². The van der Waals surface area contributed by atoms with Gasteiger partial charge in [-0.2, -0.15) is 0 Å². The van der Waals surface area contributed by atoms with Gasteiger partial charge >= 0.3 is 11.8 Å². The van der Waals surface area contributed by atoms with Crippen molar-refractivity contribution < 1.29 is 9.59 Å². The van der Waals surface area contributed by atoms with Crippen LogP contribution >= 0.6 is 11.3 Å². The molecule has 0 saturated carbocycles. The van der Waals surface area contributed by atoms with E-state index in [9.17, 15) is 9.59 Å². The number of thiazole rings is 1. The average Bonchev–Trinajstić information content (AvgIpc) is 2.72. The predicted octanol–water partition coefficient (Wildman–Crippen LogP) is -0.446. The molecule has 0 aromatic carbocycles. The first-order valence-corrected chi connectivity index (χ1v) is 5.05. The van der Waals surface area contributed by atoms with Gasteiger partial charge in [0.1, 0.15) is 0 Å². The van der Waals surface area contributed by atoms with E-state index in [-0.39, 0.29) is 5.96 Å². The minimum absolute atomic E-state index is 0.205. The van der Waals surface area contributed by atoms with E-state index >= 15 is 0 Å². The normalized spacial score (nSPS) is 15.1. The zero-order valence-corrected chi connectivity index (χ0v) is 8.72. The van der Waals surface area contributed by atoms with Gasteiger partial charge in [0.2, 0.25) is 5.96 Å². The number of carbonyl (C=O) groups excluding carboxylic acids is 2. The number of carbonyl (C=O) groups is 2. The number of hydrogen-bond donors (Lipinski definition) is 2. The third kappa shape index (κ3) is 2.18. The average molecular weight is 224 g/mol. The highest BCUT2D eigenvalue weighted by atomic mass is 32.1. The molecule has 15 heavy (non-hydrogen) atoms. The highest BCUT2D eigenvalue weighted by Crippen LogP contribution is 2.12. The van der Waals surface area contributed by atoms with E-state index < -0.39 is 11.8 Å². The summed E-state index contributed by atoms with van der Waals surface area (Å²) < 4.78 is 0. The molecule has 1 aromatic rings. The maximum Gasteiger partial charge on any atom is 0.316 e. The Hall–Kier alpha value is -1.76. The number of rotatable bonds is 2. The van der Waals surface area contributed by atoms with Gasteiger partial charge in [0.25, 0.3) is 0 Å². The lowest BCUT2D eigenvalue weighted by molar-refractivity contribution is -0.135. The minimum Gasteiger partial charge on any atom is -0.288 e. The molecule has 1 aliphatic heterocycles. The Morgan fingerprint density at radius 2 is 2.07 bits per heavy atom. The van der Waals surface area contributed by atoms with E-state index in [1.54, 1.807) is 6.20 Å². The minimum atomic E-state index is -0.672. The van der Waals surface area contributed by atoms with Crippen LogP contribution in [-0.4, -0.2) is 22.8 Å². The van der Waals surface area contributed by atoms with Crippen LogP contribution in [0.25, 0.3) is 0 Å². The summed E-state index contributed by atoms with van der Waals surface area (Å²) in [5.74, 6) is -1.14. The second-order valence-corrected chi connectivity index (χ2v) is 4.24. The maximum atomic E-state index is 10.8. The van der Waals surface area contributed by atoms with Crippen LogP contribution in [0.5, 0.6) is 0 Å². The molecule has 1 saturated heterocycles. The van der Waals surface area contributed by atoms with Crippen molar-refractivity contribution in [3.8, 4) is 0 Å². The van der Waals surface area contributed by atoms with Crippen molar-refractivity contribution in [1.82, 2.24) is 15.6 Å². The van der Waals surface area contributed by atoms with Gasteiger partial charge in [0.15, 0.2) is 0 Å². The third-order valence-electron chi connectivity index (χ3n) is 1.73. The van der Waals surface area contributed by atoms with Gasteiger partial charge in [0.05, 0.1) is 11.6 Å². The number of aromatic nitrogens is 1. The van der Waals surface area contributed by atoms with Crippen molar-refractivity contribution in [3.63, 3.8) is 0 Å². The van der Waals surface area contributed by atoms with E-state index in [0.717, 1.165) is 9.88 Å². The molecule has 1 fully saturated rings. The summed E-state index contributed by atoms with van der Waals surface area (Å²) in [5, 5.41) is 5.59. The molecule has 2 N–H and O–H groups in total. The van der Waals surface area contributed by atoms with Gasteiger partial charge in [-0.15, -0.1) is 11.3 Å². The van der Waals surface area contributed by atoms with Gasteiger partial charge in [-0.1, -0.05) is 0 Å². The molecule has 1 aromatic heterocycles. The number of nitrogens with zero attached hydrogens (tertiary/aromatic N) is 2. The van der Waals surface area contributed by atoms with Crippen molar-refractivity contribution in [2.75, 3.05) is 0 Å². The van der Waals surface area contributed by atoms with Crippen molar-refractivity contribution in [2.45, 2.75) is 13.5 Å². The Kier molecular flexibility index (Phi) is 2.46. The van der Waals surface area contributed by atoms with Gasteiger partial charge in [-0.25, -0.2) is 9.98 Å². The summed E-state index contributed by atoms with van der Waals surface area (Å²) in [5.41, 5.74) is 0. The quantitative estimate of drug-likeness (QED) is 0.667. The van der Waals surface area contributed by atoms with Crippen molar-refractivity contribution in [3.05, 3.63) is 16.1 Å². The number of hydrogen-bond acceptors (Lipinski definition) is 5. The zero-order valence-electron chi connectivity index (χ0n) is 7.90. The van der Waals surface area contributed by atoms with Crippen molar-refractivity contribution in [1.29, 1.82) is 0 Å². The van der Waals surface area contributed by atoms with E-state index in [1.165, 1.54) is 11.3 Å². The second-order valence-electron chi connectivity index (χ2n) is 2.92. The summed E-state index contributed by atoms with van der Waals surface area (Å²) in [6.45, 7) is 2.31. The fourth-order valence-electron chi connectivity index (χ4n) is 1.07. The Morgan fingerprint density at radius 3 is 2.60 bits per heavy atom. The highest BCUT2D eigenvalue weighted by Gasteiger charge is 2.24. The molecule has 0 atom stereocenters. The van der Waals surface area contributed by atoms with Crippen LogP contribution < -0.4 is 10.6 Å². The van der Waals surface area contributed by atoms with E-state index in [2.05, 4.69) is 20.6 Å². The third-order valence-corrected chi connectivity index (χ3v) is 2.63. The largest absolute Gasteiger partial charge is 0.316 e. The Labute approximate surface area is 89.4 Å². The van der Waals surface area contributed by atoms with Gasteiger partial charge in [0, 0.05) is 11.1 Å². The molecule has 0 spiro atoms. The van der Waals surface area contributed by atoms with Crippen LogP contribution in [0.3, 0.4) is 0 Å². The predicted molar refractivity (Wildman–Crippen MR) is 54.3 cm³/mol. The van der Waals surface area contributed by atoms with Crippen LogP contribution in [0.4, 0.5) is 0 Å². The first-order chi connectivity index (χ1) is 7.15. The van der Waals surface area contributed by atoms with Gasteiger partial charge in [-0.3, -0.25) is 20.2 Å². The molecule has 7 heteroatoms. The smallest absolute Gasteiger partial charge is 0.288 e. The number of amides is 2. The second kappa shape index (κ2) is 3.77. The molecule has 6 nitrogen and oxygen atoms in total. The number of aliphatic imine (C=N–C) groups is 1. The summed E-state index contributed by atoms with van der Waals surface area (Å²) >= 11 is 1.53. The summed E-state index contributed by atoms with van der Waals surface area (Å²) in [6, 6.07) is 0. The molecule has 78 valence electrons. The first kappa shape index (κ1) is 9.78. The molecule has 2 heterocycles. The summed E-state index contributed by atoms with van der Waals surface area (Å²) in [7, 11) is 0. The lowest BCUT2D eigenvalue weighted by Crippen LogP contribution is -2.25. The standard InChI is InChI=1S/C8H8N4O2S/c1-4-9-2-5(15-4)3-10-8-11-6(13)7(14)12-8/h2H,3H2,1H3,(H2,10,11,12,13,14). The molecular weight excluding hydrogens is 216 g/mol. The zero-order chi connectivity index (χ0) is 10.8. The molecule has 2 rings (SSSR count). The van der Waals surface area contributed by atoms with E-state index in [4.69, 9.17) is 0 Å². The summed E-state index contributed by atoms with van der Waals surface area (Å²) in [4.78, 5) is 30.7. The number of aryl methyl sites for hydroxylation is 1. The van der Waals surface area contributed by atoms with Crippen molar-refractivity contribution in [2.24, 2.45) is 4.99 Å². The monoisotopic (exact) mass is 224 g/mol. The maximum absolute atomic E-state index is 10.8. The molecule has 0 bridgehead atoms. The lowest BCUT2D eigenvalue weighted by atomic mass is 10.5. The Balaban J connectivity index is 2.01. The van der Waals surface area contributed by atoms with Crippen LogP contribution in [0.1, 0.15) is 9.88 Å². The van der Waals surface area contributed by atoms with Crippen LogP contribution in [-0.2, 0) is 16.1 Å². The molecular formula is C8H8N4O2S. The number of nitrogens with one attached hydrogen (secondary N) is 2. The Morgan fingerprint density at radius 1 is 1.40 bits per heavy atom. The molecule has 0 radical (unpaired) electrons. The summed E-state index contributed by atoms with van der Waals surface area (Å²) in [6.07, 6.45) is 1.72. The van der Waals surface area contributed by atoms with E-state index in [0.29, 0.717) is 6.54 Å². The fraction of sp³-hybridized carbons (Fsp3) is 0.250. The Bertz CT molecular complexity index is 433. The fourth-order valence-corrected chi connectivity index (χ4v) is 1.79. The molecule has 1 aliphatic rings. The van der Waals surface area contributed by atoms with Gasteiger partial charge in [-0.05, 0) is 6.92 Å². The molecule has 0 aliphatic carbocycles. The molecule has 0 unspecified atom stereocenters. The van der Waals surface area contributed by atoms with Gasteiger partial charge < -0.3 is 0 Å². The first-order valence-electron chi connectivity index (χ1n) is 4.23. The number of guanidine groups is 1. The van der Waals surface area contributed by atoms with Crippen LogP contribution in [0.2, 0.25) is 0 Å². The lowest BCUT2D eigenvalue weighted by Gasteiger charge is -1.93.